The van der Waals surface area contributed by atoms with E-state index in [1.807, 2.05) is 24.3 Å². The first-order valence-corrected chi connectivity index (χ1v) is 10.0. The van der Waals surface area contributed by atoms with E-state index in [4.69, 9.17) is 9.47 Å². The minimum Gasteiger partial charge on any atom is -0.493 e. The van der Waals surface area contributed by atoms with E-state index in [2.05, 4.69) is 10.2 Å². The molecule has 0 atom stereocenters. The average molecular weight is 400 g/mol. The second kappa shape index (κ2) is 10.3. The predicted molar refractivity (Wildman–Crippen MR) is 111 cm³/mol. The summed E-state index contributed by atoms with van der Waals surface area (Å²) in [5.74, 6) is 1.78. The molecule has 3 rings (SSSR count). The van der Waals surface area contributed by atoms with Crippen molar-refractivity contribution < 1.29 is 18.7 Å². The van der Waals surface area contributed by atoms with Gasteiger partial charge in [-0.25, -0.2) is 4.39 Å². The molecule has 1 saturated carbocycles. The van der Waals surface area contributed by atoms with Gasteiger partial charge in [-0.1, -0.05) is 18.2 Å². The summed E-state index contributed by atoms with van der Waals surface area (Å²) in [5.41, 5.74) is 1.89. The fourth-order valence-electron chi connectivity index (χ4n) is 3.24. The highest BCUT2D eigenvalue weighted by molar-refractivity contribution is 5.77. The van der Waals surface area contributed by atoms with Crippen LogP contribution in [-0.2, 0) is 17.8 Å². The van der Waals surface area contributed by atoms with Gasteiger partial charge in [0.2, 0.25) is 5.91 Å². The summed E-state index contributed by atoms with van der Waals surface area (Å²) in [6.07, 6.45) is 3.34. The maximum Gasteiger partial charge on any atom is 0.233 e. The highest BCUT2D eigenvalue weighted by Gasteiger charge is 2.25. The van der Waals surface area contributed by atoms with E-state index in [0.717, 1.165) is 36.6 Å². The third-order valence-corrected chi connectivity index (χ3v) is 5.09. The lowest BCUT2D eigenvalue weighted by Crippen LogP contribution is -2.38. The number of halogens is 1. The zero-order valence-corrected chi connectivity index (χ0v) is 17.1. The molecule has 1 N–H and O–H groups in total. The lowest BCUT2D eigenvalue weighted by atomic mass is 10.1. The largest absolute Gasteiger partial charge is 0.493 e. The maximum atomic E-state index is 13.3. The van der Waals surface area contributed by atoms with Gasteiger partial charge in [-0.05, 0) is 60.6 Å². The molecule has 29 heavy (non-hydrogen) atoms. The van der Waals surface area contributed by atoms with Crippen LogP contribution in [0.1, 0.15) is 24.0 Å². The molecule has 0 unspecified atom stereocenters. The van der Waals surface area contributed by atoms with Crippen LogP contribution in [0.2, 0.25) is 0 Å². The summed E-state index contributed by atoms with van der Waals surface area (Å²) in [6.45, 7) is 2.49. The molecular formula is C23H29FN2O3. The first kappa shape index (κ1) is 21.1. The number of carbonyl (C=O) groups is 1. The van der Waals surface area contributed by atoms with Gasteiger partial charge < -0.3 is 14.8 Å². The van der Waals surface area contributed by atoms with E-state index in [9.17, 15) is 9.18 Å². The number of rotatable bonds is 11. The lowest BCUT2D eigenvalue weighted by Gasteiger charge is -2.21. The first-order valence-electron chi connectivity index (χ1n) is 10.0. The van der Waals surface area contributed by atoms with Gasteiger partial charge in [-0.2, -0.15) is 0 Å². The van der Waals surface area contributed by atoms with Gasteiger partial charge in [-0.15, -0.1) is 0 Å². The van der Waals surface area contributed by atoms with Crippen molar-refractivity contribution in [3.05, 3.63) is 59.4 Å². The number of amides is 1. The van der Waals surface area contributed by atoms with Crippen LogP contribution in [0.5, 0.6) is 11.5 Å². The molecule has 0 saturated heterocycles. The second-order valence-electron chi connectivity index (χ2n) is 7.51. The molecular weight excluding hydrogens is 371 g/mol. The number of nitrogens with one attached hydrogen (secondary N) is 1. The standard InChI is InChI=1S/C23H29FN2O3/c1-25-23(27)15-26(14-18-6-7-18)11-10-17-8-9-21(22(13-17)28-2)29-16-19-4-3-5-20(24)12-19/h3-5,8-9,12-13,18H,6-7,10-11,14-16H2,1-2H3,(H,25,27). The van der Waals surface area contributed by atoms with Gasteiger partial charge in [0.1, 0.15) is 12.4 Å². The molecule has 0 radical (unpaired) electrons. The van der Waals surface area contributed by atoms with Crippen LogP contribution in [0.15, 0.2) is 42.5 Å². The number of nitrogens with zero attached hydrogens (tertiary/aromatic N) is 1. The summed E-state index contributed by atoms with van der Waals surface area (Å²) in [4.78, 5) is 14.0. The molecule has 5 nitrogen and oxygen atoms in total. The van der Waals surface area contributed by atoms with Crippen molar-refractivity contribution >= 4 is 5.91 Å². The Balaban J connectivity index is 1.58. The van der Waals surface area contributed by atoms with E-state index in [1.165, 1.54) is 25.0 Å². The van der Waals surface area contributed by atoms with Crippen LogP contribution in [0.4, 0.5) is 4.39 Å². The topological polar surface area (TPSA) is 50.8 Å². The quantitative estimate of drug-likeness (QED) is 0.628. The van der Waals surface area contributed by atoms with Gasteiger partial charge in [0.25, 0.3) is 0 Å². The van der Waals surface area contributed by atoms with Crippen LogP contribution in [0, 0.1) is 11.7 Å². The Hall–Kier alpha value is -2.60. The summed E-state index contributed by atoms with van der Waals surface area (Å²) in [6, 6.07) is 12.2. The molecule has 0 bridgehead atoms. The first-order chi connectivity index (χ1) is 14.1. The van der Waals surface area contributed by atoms with Gasteiger partial charge >= 0.3 is 0 Å². The van der Waals surface area contributed by atoms with E-state index in [-0.39, 0.29) is 18.3 Å². The molecule has 0 spiro atoms. The van der Waals surface area contributed by atoms with E-state index < -0.39 is 0 Å². The van der Waals surface area contributed by atoms with Crippen LogP contribution < -0.4 is 14.8 Å². The number of carbonyl (C=O) groups excluding carboxylic acids is 1. The summed E-state index contributed by atoms with van der Waals surface area (Å²) < 4.78 is 24.6. The van der Waals surface area contributed by atoms with Gasteiger partial charge in [-0.3, -0.25) is 9.69 Å². The molecule has 156 valence electrons. The molecule has 0 heterocycles. The molecule has 1 amide bonds. The number of hydrogen-bond donors (Lipinski definition) is 1. The third-order valence-electron chi connectivity index (χ3n) is 5.09. The Bertz CT molecular complexity index is 824. The van der Waals surface area contributed by atoms with Crippen molar-refractivity contribution in [3.8, 4) is 11.5 Å². The van der Waals surface area contributed by atoms with Crippen LogP contribution in [0.25, 0.3) is 0 Å². The predicted octanol–water partition coefficient (Wildman–Crippen LogP) is 3.41. The molecule has 6 heteroatoms. The Kier molecular flexibility index (Phi) is 7.47. The van der Waals surface area contributed by atoms with Gasteiger partial charge in [0.15, 0.2) is 11.5 Å². The number of methoxy groups -OCH3 is 1. The SMILES string of the molecule is CNC(=O)CN(CCc1ccc(OCc2cccc(F)c2)c(OC)c1)CC1CC1. The third kappa shape index (κ3) is 6.75. The Morgan fingerprint density at radius 3 is 2.69 bits per heavy atom. The van der Waals surface area contributed by atoms with Crippen molar-refractivity contribution in [2.75, 3.05) is 33.8 Å². The van der Waals surface area contributed by atoms with Gasteiger partial charge in [0.05, 0.1) is 13.7 Å². The average Bonchev–Trinajstić information content (AvgIpc) is 3.54. The zero-order chi connectivity index (χ0) is 20.6. The maximum absolute atomic E-state index is 13.3. The fourth-order valence-corrected chi connectivity index (χ4v) is 3.24. The van der Waals surface area contributed by atoms with E-state index in [0.29, 0.717) is 18.0 Å². The van der Waals surface area contributed by atoms with Crippen molar-refractivity contribution in [2.45, 2.75) is 25.9 Å². The minimum absolute atomic E-state index is 0.0457. The highest BCUT2D eigenvalue weighted by atomic mass is 19.1. The number of hydrogen-bond acceptors (Lipinski definition) is 4. The van der Waals surface area contributed by atoms with Crippen molar-refractivity contribution in [1.29, 1.82) is 0 Å². The molecule has 0 aliphatic heterocycles. The van der Waals surface area contributed by atoms with Crippen molar-refractivity contribution in [2.24, 2.45) is 5.92 Å². The Labute approximate surface area is 171 Å². The minimum atomic E-state index is -0.277. The molecule has 1 fully saturated rings. The summed E-state index contributed by atoms with van der Waals surface area (Å²) in [5, 5.41) is 2.70. The van der Waals surface area contributed by atoms with Gasteiger partial charge in [0, 0.05) is 20.1 Å². The number of ether oxygens (including phenoxy) is 2. The van der Waals surface area contributed by atoms with E-state index in [1.54, 1.807) is 20.2 Å². The number of benzene rings is 2. The van der Waals surface area contributed by atoms with Crippen molar-refractivity contribution in [3.63, 3.8) is 0 Å². The zero-order valence-electron chi connectivity index (χ0n) is 17.1. The summed E-state index contributed by atoms with van der Waals surface area (Å²) in [7, 11) is 3.28. The molecule has 1 aliphatic rings. The molecule has 2 aromatic carbocycles. The highest BCUT2D eigenvalue weighted by Crippen LogP contribution is 2.31. The smallest absolute Gasteiger partial charge is 0.233 e. The lowest BCUT2D eigenvalue weighted by molar-refractivity contribution is -0.121. The molecule has 2 aromatic rings. The summed E-state index contributed by atoms with van der Waals surface area (Å²) >= 11 is 0. The second-order valence-corrected chi connectivity index (χ2v) is 7.51. The Morgan fingerprint density at radius 2 is 2.00 bits per heavy atom. The van der Waals surface area contributed by atoms with Crippen LogP contribution in [-0.4, -0.2) is 44.6 Å². The normalized spacial score (nSPS) is 13.4. The van der Waals surface area contributed by atoms with Crippen LogP contribution in [0.3, 0.4) is 0 Å². The van der Waals surface area contributed by atoms with Crippen molar-refractivity contribution in [1.82, 2.24) is 10.2 Å². The number of likely N-dealkylation sites (N-methyl/N-ethyl adjacent to an activating group) is 1. The Morgan fingerprint density at radius 1 is 1.17 bits per heavy atom. The fraction of sp³-hybridized carbons (Fsp3) is 0.435. The van der Waals surface area contributed by atoms with Crippen LogP contribution >= 0.6 is 0 Å². The molecule has 1 aliphatic carbocycles. The monoisotopic (exact) mass is 400 g/mol. The van der Waals surface area contributed by atoms with E-state index >= 15 is 0 Å². The molecule has 0 aromatic heterocycles.